The monoisotopic (exact) mass is 205 g/mol. The van der Waals surface area contributed by atoms with Gasteiger partial charge in [-0.25, -0.2) is 0 Å². The molecule has 0 aliphatic heterocycles. The molecule has 0 aromatic heterocycles. The summed E-state index contributed by atoms with van der Waals surface area (Å²) in [5.74, 6) is 0. The summed E-state index contributed by atoms with van der Waals surface area (Å²) in [4.78, 5) is 0. The second-order valence-electron chi connectivity index (χ2n) is 4.90. The number of nitrogens with two attached hydrogens (primary N) is 1. The third-order valence-corrected chi connectivity index (χ3v) is 2.91. The van der Waals surface area contributed by atoms with Crippen molar-refractivity contribution in [2.75, 3.05) is 0 Å². The fourth-order valence-corrected chi connectivity index (χ4v) is 1.94. The van der Waals surface area contributed by atoms with Gasteiger partial charge < -0.3 is 10.8 Å². The lowest BCUT2D eigenvalue weighted by Crippen LogP contribution is -2.18. The van der Waals surface area contributed by atoms with Crippen LogP contribution in [0, 0.1) is 0 Å². The van der Waals surface area contributed by atoms with Crippen LogP contribution in [0.1, 0.15) is 30.9 Å². The van der Waals surface area contributed by atoms with E-state index in [2.05, 4.69) is 24.3 Å². The first-order chi connectivity index (χ1) is 7.07. The molecule has 1 aliphatic carbocycles. The minimum Gasteiger partial charge on any atom is -0.390 e. The van der Waals surface area contributed by atoms with Gasteiger partial charge in [-0.05, 0) is 37.3 Å². The van der Waals surface area contributed by atoms with Crippen LogP contribution < -0.4 is 5.73 Å². The largest absolute Gasteiger partial charge is 0.390 e. The second-order valence-corrected chi connectivity index (χ2v) is 4.90. The van der Waals surface area contributed by atoms with Crippen LogP contribution in [-0.2, 0) is 12.8 Å². The highest BCUT2D eigenvalue weighted by atomic mass is 16.3. The Labute approximate surface area is 91.1 Å². The molecule has 1 saturated carbocycles. The van der Waals surface area contributed by atoms with Gasteiger partial charge in [0.05, 0.1) is 5.60 Å². The lowest BCUT2D eigenvalue weighted by molar-refractivity contribution is 0.151. The average Bonchev–Trinajstić information content (AvgIpc) is 2.82. The van der Waals surface area contributed by atoms with Gasteiger partial charge in [0.2, 0.25) is 0 Å². The maximum Gasteiger partial charge on any atom is 0.0690 e. The van der Waals surface area contributed by atoms with Crippen LogP contribution >= 0.6 is 0 Å². The Kier molecular flexibility index (Phi) is 2.81. The van der Waals surface area contributed by atoms with Gasteiger partial charge in [-0.3, -0.25) is 0 Å². The fourth-order valence-electron chi connectivity index (χ4n) is 1.94. The molecule has 0 radical (unpaired) electrons. The molecule has 1 fully saturated rings. The van der Waals surface area contributed by atoms with E-state index in [1.807, 2.05) is 6.92 Å². The molecule has 1 aromatic carbocycles. The minimum absolute atomic E-state index is 0.198. The fraction of sp³-hybridized carbons (Fsp3) is 0.538. The molecule has 0 spiro atoms. The maximum atomic E-state index is 9.83. The number of benzene rings is 1. The molecule has 3 N–H and O–H groups in total. The molecule has 15 heavy (non-hydrogen) atoms. The maximum absolute atomic E-state index is 9.83. The van der Waals surface area contributed by atoms with E-state index in [4.69, 9.17) is 5.73 Å². The molecule has 0 amide bonds. The standard InChI is InChI=1S/C13H19NO/c1-10(14)7-11-3-2-4-12(8-11)9-13(15)5-6-13/h2-4,8,10,15H,5-7,9,14H2,1H3. The molecule has 2 rings (SSSR count). The number of rotatable bonds is 4. The summed E-state index contributed by atoms with van der Waals surface area (Å²) in [6, 6.07) is 8.60. The Morgan fingerprint density at radius 1 is 1.40 bits per heavy atom. The smallest absolute Gasteiger partial charge is 0.0690 e. The predicted molar refractivity (Wildman–Crippen MR) is 61.7 cm³/mol. The van der Waals surface area contributed by atoms with E-state index < -0.39 is 5.60 Å². The molecule has 0 bridgehead atoms. The zero-order valence-electron chi connectivity index (χ0n) is 9.24. The molecule has 1 aliphatic rings. The molecular weight excluding hydrogens is 186 g/mol. The van der Waals surface area contributed by atoms with Crippen molar-refractivity contribution in [3.63, 3.8) is 0 Å². The van der Waals surface area contributed by atoms with Gasteiger partial charge in [-0.1, -0.05) is 24.3 Å². The molecule has 1 unspecified atom stereocenters. The quantitative estimate of drug-likeness (QED) is 0.785. The Bertz CT molecular complexity index is 342. The average molecular weight is 205 g/mol. The normalized spacial score (nSPS) is 19.9. The summed E-state index contributed by atoms with van der Waals surface area (Å²) < 4.78 is 0. The highest BCUT2D eigenvalue weighted by molar-refractivity contribution is 5.26. The van der Waals surface area contributed by atoms with Gasteiger partial charge in [0.15, 0.2) is 0 Å². The summed E-state index contributed by atoms with van der Waals surface area (Å²) in [7, 11) is 0. The Morgan fingerprint density at radius 2 is 2.07 bits per heavy atom. The summed E-state index contributed by atoms with van der Waals surface area (Å²) in [6.45, 7) is 2.01. The topological polar surface area (TPSA) is 46.2 Å². The van der Waals surface area contributed by atoms with Crippen LogP contribution in [0.25, 0.3) is 0 Å². The van der Waals surface area contributed by atoms with Crippen molar-refractivity contribution in [3.05, 3.63) is 35.4 Å². The van der Waals surface area contributed by atoms with Gasteiger partial charge >= 0.3 is 0 Å². The van der Waals surface area contributed by atoms with E-state index in [0.29, 0.717) is 0 Å². The first kappa shape index (κ1) is 10.7. The van der Waals surface area contributed by atoms with Crippen molar-refractivity contribution < 1.29 is 5.11 Å². The molecule has 0 saturated heterocycles. The van der Waals surface area contributed by atoms with Gasteiger partial charge in [0.1, 0.15) is 0 Å². The third-order valence-electron chi connectivity index (χ3n) is 2.91. The second kappa shape index (κ2) is 3.95. The van der Waals surface area contributed by atoms with Gasteiger partial charge in [-0.2, -0.15) is 0 Å². The van der Waals surface area contributed by atoms with Crippen molar-refractivity contribution in [1.29, 1.82) is 0 Å². The zero-order chi connectivity index (χ0) is 10.9. The molecule has 2 heteroatoms. The number of hydrogen-bond donors (Lipinski definition) is 2. The SMILES string of the molecule is CC(N)Cc1cccc(CC2(O)CC2)c1. The lowest BCUT2D eigenvalue weighted by atomic mass is 10.0. The summed E-state index contributed by atoms with van der Waals surface area (Å²) in [6.07, 6.45) is 3.60. The van der Waals surface area contributed by atoms with Gasteiger partial charge in [0, 0.05) is 12.5 Å². The molecule has 82 valence electrons. The predicted octanol–water partition coefficient (Wildman–Crippen LogP) is 1.64. The van der Waals surface area contributed by atoms with Crippen LogP contribution in [0.2, 0.25) is 0 Å². The summed E-state index contributed by atoms with van der Waals surface area (Å²) in [5, 5.41) is 9.83. The first-order valence-corrected chi connectivity index (χ1v) is 5.63. The number of hydrogen-bond acceptors (Lipinski definition) is 2. The van der Waals surface area contributed by atoms with Crippen molar-refractivity contribution in [2.24, 2.45) is 5.73 Å². The van der Waals surface area contributed by atoms with E-state index in [1.165, 1.54) is 11.1 Å². The molecular formula is C13H19NO. The highest BCUT2D eigenvalue weighted by Crippen LogP contribution is 2.38. The van der Waals surface area contributed by atoms with Crippen LogP contribution in [0.4, 0.5) is 0 Å². The van der Waals surface area contributed by atoms with E-state index in [0.717, 1.165) is 25.7 Å². The molecule has 0 heterocycles. The van der Waals surface area contributed by atoms with Crippen LogP contribution in [0.5, 0.6) is 0 Å². The van der Waals surface area contributed by atoms with Gasteiger partial charge in [-0.15, -0.1) is 0 Å². The Hall–Kier alpha value is -0.860. The van der Waals surface area contributed by atoms with Crippen molar-refractivity contribution in [3.8, 4) is 0 Å². The van der Waals surface area contributed by atoms with E-state index in [-0.39, 0.29) is 6.04 Å². The molecule has 1 atom stereocenters. The van der Waals surface area contributed by atoms with Crippen molar-refractivity contribution in [1.82, 2.24) is 0 Å². The van der Waals surface area contributed by atoms with Crippen molar-refractivity contribution >= 4 is 0 Å². The van der Waals surface area contributed by atoms with E-state index in [9.17, 15) is 5.11 Å². The molecule has 1 aromatic rings. The lowest BCUT2D eigenvalue weighted by Gasteiger charge is -2.10. The minimum atomic E-state index is -0.396. The first-order valence-electron chi connectivity index (χ1n) is 5.63. The third kappa shape index (κ3) is 3.05. The number of aliphatic hydroxyl groups is 1. The van der Waals surface area contributed by atoms with Crippen molar-refractivity contribution in [2.45, 2.75) is 44.2 Å². The van der Waals surface area contributed by atoms with Gasteiger partial charge in [0.25, 0.3) is 0 Å². The van der Waals surface area contributed by atoms with Crippen LogP contribution in [0.3, 0.4) is 0 Å². The Balaban J connectivity index is 2.05. The highest BCUT2D eigenvalue weighted by Gasteiger charge is 2.39. The Morgan fingerprint density at radius 3 is 2.67 bits per heavy atom. The van der Waals surface area contributed by atoms with Crippen LogP contribution in [0.15, 0.2) is 24.3 Å². The summed E-state index contributed by atoms with van der Waals surface area (Å²) >= 11 is 0. The summed E-state index contributed by atoms with van der Waals surface area (Å²) in [5.41, 5.74) is 7.87. The van der Waals surface area contributed by atoms with Crippen LogP contribution in [-0.4, -0.2) is 16.7 Å². The molecule has 2 nitrogen and oxygen atoms in total. The zero-order valence-corrected chi connectivity index (χ0v) is 9.24. The van der Waals surface area contributed by atoms with E-state index >= 15 is 0 Å². The van der Waals surface area contributed by atoms with E-state index in [1.54, 1.807) is 0 Å².